The van der Waals surface area contributed by atoms with Gasteiger partial charge in [-0.15, -0.1) is 0 Å². The number of carbonyl (C=O) groups excluding carboxylic acids is 1. The number of ether oxygens (including phenoxy) is 2. The van der Waals surface area contributed by atoms with E-state index in [2.05, 4.69) is 0 Å². The number of methoxy groups -OCH3 is 1. The highest BCUT2D eigenvalue weighted by Gasteiger charge is 2.22. The Hall–Kier alpha value is -2.75. The first-order chi connectivity index (χ1) is 11.7. The van der Waals surface area contributed by atoms with Crippen molar-refractivity contribution in [3.8, 4) is 17.2 Å². The van der Waals surface area contributed by atoms with Gasteiger partial charge in [-0.2, -0.15) is 0 Å². The second-order valence-corrected chi connectivity index (χ2v) is 5.91. The molecule has 0 amide bonds. The summed E-state index contributed by atoms with van der Waals surface area (Å²) in [5.74, 6) is 2.07. The number of phenolic OH excluding ortho intramolecular Hbond substituents is 1. The molecule has 0 radical (unpaired) electrons. The molecule has 1 saturated carbocycles. The van der Waals surface area contributed by atoms with Gasteiger partial charge in [0.15, 0.2) is 17.3 Å². The summed E-state index contributed by atoms with van der Waals surface area (Å²) in [4.78, 5) is 12.1. The van der Waals surface area contributed by atoms with E-state index in [0.29, 0.717) is 29.6 Å². The SMILES string of the molecule is COc1ccc(/C=C/C(=O)c2ccc(O)cc2)cc1OCC1CC1. The van der Waals surface area contributed by atoms with Crippen molar-refractivity contribution >= 4 is 11.9 Å². The lowest BCUT2D eigenvalue weighted by molar-refractivity contribution is 0.104. The summed E-state index contributed by atoms with van der Waals surface area (Å²) < 4.78 is 11.1. The van der Waals surface area contributed by atoms with Gasteiger partial charge in [0.1, 0.15) is 5.75 Å². The van der Waals surface area contributed by atoms with E-state index in [1.54, 1.807) is 25.3 Å². The number of rotatable bonds is 7. The molecule has 0 aromatic heterocycles. The molecule has 0 spiro atoms. The fourth-order valence-corrected chi connectivity index (χ4v) is 2.30. The first kappa shape index (κ1) is 16.1. The van der Waals surface area contributed by atoms with Crippen LogP contribution in [0.4, 0.5) is 0 Å². The molecule has 0 bridgehead atoms. The Morgan fingerprint density at radius 3 is 2.58 bits per heavy atom. The molecule has 0 atom stereocenters. The Kier molecular flexibility index (Phi) is 4.85. The minimum Gasteiger partial charge on any atom is -0.508 e. The molecule has 0 saturated heterocycles. The van der Waals surface area contributed by atoms with Crippen LogP contribution in [0.3, 0.4) is 0 Å². The van der Waals surface area contributed by atoms with E-state index in [1.807, 2.05) is 18.2 Å². The van der Waals surface area contributed by atoms with Gasteiger partial charge in [-0.25, -0.2) is 0 Å². The molecule has 0 aliphatic heterocycles. The van der Waals surface area contributed by atoms with Crippen molar-refractivity contribution in [2.45, 2.75) is 12.8 Å². The molecule has 124 valence electrons. The molecule has 1 fully saturated rings. The highest BCUT2D eigenvalue weighted by molar-refractivity contribution is 6.06. The third kappa shape index (κ3) is 4.16. The van der Waals surface area contributed by atoms with Gasteiger partial charge in [-0.1, -0.05) is 12.1 Å². The Balaban J connectivity index is 1.72. The van der Waals surface area contributed by atoms with Crippen molar-refractivity contribution in [1.82, 2.24) is 0 Å². The van der Waals surface area contributed by atoms with Crippen LogP contribution in [0.25, 0.3) is 6.08 Å². The van der Waals surface area contributed by atoms with Crippen molar-refractivity contribution in [3.05, 3.63) is 59.7 Å². The van der Waals surface area contributed by atoms with Crippen LogP contribution in [0, 0.1) is 5.92 Å². The predicted octanol–water partition coefficient (Wildman–Crippen LogP) is 4.09. The highest BCUT2D eigenvalue weighted by Crippen LogP contribution is 2.33. The van der Waals surface area contributed by atoms with Gasteiger partial charge in [0.05, 0.1) is 13.7 Å². The monoisotopic (exact) mass is 324 g/mol. The quantitative estimate of drug-likeness (QED) is 0.616. The molecule has 1 aliphatic carbocycles. The fourth-order valence-electron chi connectivity index (χ4n) is 2.30. The Bertz CT molecular complexity index is 743. The third-order valence-electron chi connectivity index (χ3n) is 3.94. The predicted molar refractivity (Wildman–Crippen MR) is 92.7 cm³/mol. The molecular weight excluding hydrogens is 304 g/mol. The summed E-state index contributed by atoms with van der Waals surface area (Å²) in [6.45, 7) is 0.704. The average molecular weight is 324 g/mol. The van der Waals surface area contributed by atoms with Gasteiger partial charge in [0, 0.05) is 5.56 Å². The van der Waals surface area contributed by atoms with E-state index < -0.39 is 0 Å². The maximum absolute atomic E-state index is 12.1. The van der Waals surface area contributed by atoms with E-state index in [9.17, 15) is 9.90 Å². The number of allylic oxidation sites excluding steroid dienone is 1. The number of hydrogen-bond donors (Lipinski definition) is 1. The summed E-state index contributed by atoms with van der Waals surface area (Å²) in [6, 6.07) is 11.8. The largest absolute Gasteiger partial charge is 0.508 e. The first-order valence-corrected chi connectivity index (χ1v) is 7.98. The number of hydrogen-bond acceptors (Lipinski definition) is 4. The fraction of sp³-hybridized carbons (Fsp3) is 0.250. The van der Waals surface area contributed by atoms with Crippen LogP contribution in [0.1, 0.15) is 28.8 Å². The molecule has 4 nitrogen and oxygen atoms in total. The van der Waals surface area contributed by atoms with E-state index >= 15 is 0 Å². The molecule has 1 aliphatic rings. The smallest absolute Gasteiger partial charge is 0.185 e. The standard InChI is InChI=1S/C20H20O4/c1-23-19-11-5-14(12-20(19)24-13-15-2-3-15)4-10-18(22)16-6-8-17(21)9-7-16/h4-12,15,21H,2-3,13H2,1H3/b10-4+. The topological polar surface area (TPSA) is 55.8 Å². The maximum Gasteiger partial charge on any atom is 0.185 e. The zero-order valence-corrected chi connectivity index (χ0v) is 13.6. The zero-order chi connectivity index (χ0) is 16.9. The summed E-state index contributed by atoms with van der Waals surface area (Å²) >= 11 is 0. The van der Waals surface area contributed by atoms with Crippen LogP contribution < -0.4 is 9.47 Å². The van der Waals surface area contributed by atoms with Crippen molar-refractivity contribution in [2.24, 2.45) is 5.92 Å². The van der Waals surface area contributed by atoms with Crippen molar-refractivity contribution in [2.75, 3.05) is 13.7 Å². The molecule has 0 unspecified atom stereocenters. The van der Waals surface area contributed by atoms with Gasteiger partial charge in [-0.3, -0.25) is 4.79 Å². The first-order valence-electron chi connectivity index (χ1n) is 7.98. The van der Waals surface area contributed by atoms with E-state index in [4.69, 9.17) is 9.47 Å². The molecule has 0 heterocycles. The highest BCUT2D eigenvalue weighted by atomic mass is 16.5. The lowest BCUT2D eigenvalue weighted by atomic mass is 10.1. The molecule has 3 rings (SSSR count). The Labute approximate surface area is 141 Å². The molecule has 4 heteroatoms. The van der Waals surface area contributed by atoms with Gasteiger partial charge >= 0.3 is 0 Å². The molecule has 2 aromatic rings. The average Bonchev–Trinajstić information content (AvgIpc) is 3.43. The van der Waals surface area contributed by atoms with Gasteiger partial charge < -0.3 is 14.6 Å². The maximum atomic E-state index is 12.1. The lowest BCUT2D eigenvalue weighted by Crippen LogP contribution is -2.01. The van der Waals surface area contributed by atoms with E-state index in [0.717, 1.165) is 5.56 Å². The number of phenols is 1. The minimum absolute atomic E-state index is 0.119. The Morgan fingerprint density at radius 1 is 1.17 bits per heavy atom. The summed E-state index contributed by atoms with van der Waals surface area (Å²) in [5.41, 5.74) is 1.40. The van der Waals surface area contributed by atoms with Crippen LogP contribution in [0.5, 0.6) is 17.2 Å². The second-order valence-electron chi connectivity index (χ2n) is 5.91. The van der Waals surface area contributed by atoms with Crippen LogP contribution in [-0.2, 0) is 0 Å². The number of benzene rings is 2. The van der Waals surface area contributed by atoms with E-state index in [-0.39, 0.29) is 11.5 Å². The molecular formula is C20H20O4. The number of aromatic hydroxyl groups is 1. The summed E-state index contributed by atoms with van der Waals surface area (Å²) in [7, 11) is 1.61. The van der Waals surface area contributed by atoms with Gasteiger partial charge in [0.25, 0.3) is 0 Å². The minimum atomic E-state index is -0.119. The number of ketones is 1. The van der Waals surface area contributed by atoms with Crippen molar-refractivity contribution in [1.29, 1.82) is 0 Å². The van der Waals surface area contributed by atoms with Crippen molar-refractivity contribution < 1.29 is 19.4 Å². The normalized spacial score (nSPS) is 13.9. The third-order valence-corrected chi connectivity index (χ3v) is 3.94. The van der Waals surface area contributed by atoms with Crippen LogP contribution >= 0.6 is 0 Å². The van der Waals surface area contributed by atoms with E-state index in [1.165, 1.54) is 31.1 Å². The lowest BCUT2D eigenvalue weighted by Gasteiger charge is -2.11. The van der Waals surface area contributed by atoms with Crippen molar-refractivity contribution in [3.63, 3.8) is 0 Å². The van der Waals surface area contributed by atoms with Crippen LogP contribution in [0.15, 0.2) is 48.5 Å². The van der Waals surface area contributed by atoms with Gasteiger partial charge in [-0.05, 0) is 66.8 Å². The zero-order valence-electron chi connectivity index (χ0n) is 13.6. The Morgan fingerprint density at radius 2 is 1.92 bits per heavy atom. The van der Waals surface area contributed by atoms with Crippen LogP contribution in [0.2, 0.25) is 0 Å². The molecule has 1 N–H and O–H groups in total. The molecule has 24 heavy (non-hydrogen) atoms. The second kappa shape index (κ2) is 7.21. The molecule has 2 aromatic carbocycles. The summed E-state index contributed by atoms with van der Waals surface area (Å²) in [6.07, 6.45) is 5.71. The summed E-state index contributed by atoms with van der Waals surface area (Å²) in [5, 5.41) is 9.27. The number of carbonyl (C=O) groups is 1. The van der Waals surface area contributed by atoms with Gasteiger partial charge in [0.2, 0.25) is 0 Å². The van der Waals surface area contributed by atoms with Crippen LogP contribution in [-0.4, -0.2) is 24.6 Å².